The van der Waals surface area contributed by atoms with Gasteiger partial charge in [0.25, 0.3) is 0 Å². The molecule has 0 bridgehead atoms. The lowest BCUT2D eigenvalue weighted by molar-refractivity contribution is 0.733. The summed E-state index contributed by atoms with van der Waals surface area (Å²) in [6, 6.07) is 5.68. The van der Waals surface area contributed by atoms with Crippen LogP contribution in [0.25, 0.3) is 0 Å². The first-order valence-electron chi connectivity index (χ1n) is 4.49. The van der Waals surface area contributed by atoms with E-state index >= 15 is 0 Å². The monoisotopic (exact) mass is 227 g/mol. The van der Waals surface area contributed by atoms with E-state index < -0.39 is 0 Å². The minimum absolute atomic E-state index is 0.348. The molecule has 0 N–H and O–H groups in total. The first-order valence-corrected chi connectivity index (χ1v) is 5.24. The van der Waals surface area contributed by atoms with E-state index in [2.05, 4.69) is 13.8 Å². The van der Waals surface area contributed by atoms with E-state index in [9.17, 15) is 0 Å². The number of hydrogen-bond donors (Lipinski definition) is 0. The highest BCUT2D eigenvalue weighted by atomic mass is 35.5. The molecule has 14 heavy (non-hydrogen) atoms. The second-order valence-corrected chi connectivity index (χ2v) is 4.07. The molecule has 0 fully saturated rings. The third-order valence-electron chi connectivity index (χ3n) is 2.35. The van der Waals surface area contributed by atoms with Gasteiger partial charge in [-0.2, -0.15) is 5.26 Å². The average molecular weight is 228 g/mol. The van der Waals surface area contributed by atoms with Crippen molar-refractivity contribution < 1.29 is 0 Å². The fraction of sp³-hybridized carbons (Fsp3) is 0.364. The molecular weight excluding hydrogens is 217 g/mol. The summed E-state index contributed by atoms with van der Waals surface area (Å²) in [6.07, 6.45) is 1.02. The summed E-state index contributed by atoms with van der Waals surface area (Å²) in [5.41, 5.74) is 1.52. The normalized spacial score (nSPS) is 12.2. The Morgan fingerprint density at radius 1 is 1.43 bits per heavy atom. The molecule has 0 saturated carbocycles. The van der Waals surface area contributed by atoms with Crippen LogP contribution in [-0.2, 0) is 0 Å². The third-order valence-corrected chi connectivity index (χ3v) is 3.15. The van der Waals surface area contributed by atoms with Crippen molar-refractivity contribution in [3.8, 4) is 6.07 Å². The molecule has 0 aliphatic carbocycles. The Morgan fingerprint density at radius 2 is 2.07 bits per heavy atom. The quantitative estimate of drug-likeness (QED) is 0.736. The van der Waals surface area contributed by atoms with Gasteiger partial charge in [-0.05, 0) is 30.0 Å². The molecule has 0 aliphatic rings. The van der Waals surface area contributed by atoms with Gasteiger partial charge in [-0.15, -0.1) is 0 Å². The molecule has 0 radical (unpaired) electrons. The Bertz CT molecular complexity index is 380. The molecule has 0 saturated heterocycles. The molecule has 1 atom stereocenters. The van der Waals surface area contributed by atoms with Crippen LogP contribution in [0.1, 0.15) is 37.3 Å². The van der Waals surface area contributed by atoms with Gasteiger partial charge in [0.1, 0.15) is 6.07 Å². The van der Waals surface area contributed by atoms with Crippen molar-refractivity contribution in [3.05, 3.63) is 33.3 Å². The molecule has 1 rings (SSSR count). The Balaban J connectivity index is 3.24. The topological polar surface area (TPSA) is 23.8 Å². The molecule has 0 spiro atoms. The zero-order chi connectivity index (χ0) is 10.7. The van der Waals surface area contributed by atoms with Gasteiger partial charge in [-0.1, -0.05) is 37.0 Å². The van der Waals surface area contributed by atoms with Crippen LogP contribution in [0.3, 0.4) is 0 Å². The predicted octanol–water partition coefficient (Wildman–Crippen LogP) is 4.38. The maximum atomic E-state index is 8.83. The molecule has 1 aromatic carbocycles. The van der Waals surface area contributed by atoms with Crippen LogP contribution in [0.5, 0.6) is 0 Å². The summed E-state index contributed by atoms with van der Waals surface area (Å²) in [5, 5.41) is 9.64. The molecule has 0 aliphatic heterocycles. The number of nitriles is 1. The molecule has 0 heterocycles. The lowest BCUT2D eigenvalue weighted by Crippen LogP contribution is -1.93. The summed E-state index contributed by atoms with van der Waals surface area (Å²) in [5.74, 6) is 0.400. The maximum absolute atomic E-state index is 8.83. The second kappa shape index (κ2) is 4.68. The van der Waals surface area contributed by atoms with Crippen LogP contribution in [-0.4, -0.2) is 0 Å². The van der Waals surface area contributed by atoms with Gasteiger partial charge in [0.05, 0.1) is 15.6 Å². The SMILES string of the molecule is CCC(C)c1cc(Cl)c(Cl)c(C#N)c1. The highest BCUT2D eigenvalue weighted by Gasteiger charge is 2.10. The third kappa shape index (κ3) is 2.20. The van der Waals surface area contributed by atoms with Crippen molar-refractivity contribution in [2.24, 2.45) is 0 Å². The lowest BCUT2D eigenvalue weighted by Gasteiger charge is -2.10. The molecule has 1 nitrogen and oxygen atoms in total. The minimum Gasteiger partial charge on any atom is -0.192 e. The average Bonchev–Trinajstić information content (AvgIpc) is 2.20. The van der Waals surface area contributed by atoms with E-state index in [0.29, 0.717) is 21.5 Å². The van der Waals surface area contributed by atoms with E-state index in [0.717, 1.165) is 12.0 Å². The zero-order valence-corrected chi connectivity index (χ0v) is 9.65. The smallest absolute Gasteiger partial charge is 0.101 e. The molecule has 3 heteroatoms. The minimum atomic E-state index is 0.348. The van der Waals surface area contributed by atoms with E-state index in [1.807, 2.05) is 18.2 Å². The van der Waals surface area contributed by atoms with Gasteiger partial charge in [0.2, 0.25) is 0 Å². The van der Waals surface area contributed by atoms with E-state index in [4.69, 9.17) is 28.5 Å². The molecule has 1 unspecified atom stereocenters. The highest BCUT2D eigenvalue weighted by Crippen LogP contribution is 2.30. The number of hydrogen-bond acceptors (Lipinski definition) is 1. The van der Waals surface area contributed by atoms with Gasteiger partial charge >= 0.3 is 0 Å². The Morgan fingerprint density at radius 3 is 2.57 bits per heavy atom. The summed E-state index contributed by atoms with van der Waals surface area (Å²) in [7, 11) is 0. The number of benzene rings is 1. The Hall–Kier alpha value is -0.710. The van der Waals surface area contributed by atoms with E-state index in [-0.39, 0.29) is 0 Å². The van der Waals surface area contributed by atoms with Crippen LogP contribution in [0.2, 0.25) is 10.0 Å². The van der Waals surface area contributed by atoms with Crippen molar-refractivity contribution in [1.82, 2.24) is 0 Å². The standard InChI is InChI=1S/C11H11Cl2N/c1-3-7(2)8-4-9(6-14)11(13)10(12)5-8/h4-5,7H,3H2,1-2H3. The Kier molecular flexibility index (Phi) is 3.80. The van der Waals surface area contributed by atoms with Gasteiger partial charge in [0.15, 0.2) is 0 Å². The van der Waals surface area contributed by atoms with Crippen LogP contribution >= 0.6 is 23.2 Å². The van der Waals surface area contributed by atoms with E-state index in [1.54, 1.807) is 0 Å². The highest BCUT2D eigenvalue weighted by molar-refractivity contribution is 6.42. The van der Waals surface area contributed by atoms with Crippen LogP contribution < -0.4 is 0 Å². The first-order chi connectivity index (χ1) is 6.60. The zero-order valence-electron chi connectivity index (χ0n) is 8.14. The van der Waals surface area contributed by atoms with Gasteiger partial charge < -0.3 is 0 Å². The van der Waals surface area contributed by atoms with Gasteiger partial charge in [-0.25, -0.2) is 0 Å². The summed E-state index contributed by atoms with van der Waals surface area (Å²) >= 11 is 11.8. The van der Waals surface area contributed by atoms with Gasteiger partial charge in [0, 0.05) is 0 Å². The molecule has 1 aromatic rings. The summed E-state index contributed by atoms with van der Waals surface area (Å²) in [4.78, 5) is 0. The number of halogens is 2. The van der Waals surface area contributed by atoms with Crippen molar-refractivity contribution in [2.75, 3.05) is 0 Å². The number of nitrogens with zero attached hydrogens (tertiary/aromatic N) is 1. The van der Waals surface area contributed by atoms with Crippen LogP contribution in [0.15, 0.2) is 12.1 Å². The largest absolute Gasteiger partial charge is 0.192 e. The van der Waals surface area contributed by atoms with Crippen LogP contribution in [0.4, 0.5) is 0 Å². The van der Waals surface area contributed by atoms with Crippen molar-refractivity contribution in [3.63, 3.8) is 0 Å². The molecule has 0 amide bonds. The fourth-order valence-corrected chi connectivity index (χ4v) is 1.59. The predicted molar refractivity (Wildman–Crippen MR) is 59.9 cm³/mol. The number of rotatable bonds is 2. The lowest BCUT2D eigenvalue weighted by atomic mass is 9.97. The van der Waals surface area contributed by atoms with Gasteiger partial charge in [-0.3, -0.25) is 0 Å². The van der Waals surface area contributed by atoms with Crippen molar-refractivity contribution in [1.29, 1.82) is 5.26 Å². The maximum Gasteiger partial charge on any atom is 0.101 e. The first kappa shape index (κ1) is 11.4. The van der Waals surface area contributed by atoms with E-state index in [1.165, 1.54) is 0 Å². The molecule has 0 aromatic heterocycles. The summed E-state index contributed by atoms with van der Waals surface area (Å²) in [6.45, 7) is 4.19. The Labute approximate surface area is 94.3 Å². The van der Waals surface area contributed by atoms with Crippen molar-refractivity contribution >= 4 is 23.2 Å². The molecular formula is C11H11Cl2N. The van der Waals surface area contributed by atoms with Crippen LogP contribution in [0, 0.1) is 11.3 Å². The fourth-order valence-electron chi connectivity index (χ4n) is 1.21. The second-order valence-electron chi connectivity index (χ2n) is 3.29. The molecule has 74 valence electrons. The van der Waals surface area contributed by atoms with Crippen molar-refractivity contribution in [2.45, 2.75) is 26.2 Å². The summed E-state index contributed by atoms with van der Waals surface area (Å²) < 4.78 is 0.